The summed E-state index contributed by atoms with van der Waals surface area (Å²) in [5.41, 5.74) is 3.10. The average Bonchev–Trinajstić information content (AvgIpc) is 3.30. The van der Waals surface area contributed by atoms with E-state index in [4.69, 9.17) is 23.9 Å². The Labute approximate surface area is 300 Å². The largest absolute Gasteiger partial charge is 0.466 e. The fourth-order valence-corrected chi connectivity index (χ4v) is 7.47. The zero-order chi connectivity index (χ0) is 36.0. The van der Waals surface area contributed by atoms with Crippen LogP contribution in [-0.2, 0) is 34.0 Å². The molecule has 11 nitrogen and oxygen atoms in total. The van der Waals surface area contributed by atoms with E-state index in [1.807, 2.05) is 30.2 Å². The minimum atomic E-state index is -0.782. The standard InChI is InChI=1S/C40H50N4O7/c1-5-48-25-26-50-36(46)17-7-6-12-24-49-37(47)19-18-35(45)44-22-20-43(21-23-44)33-27-34-38(30-14-9-8-13-29(30)33)41-28-40(51-34)39(2,3)31-15-10-11-16-32(31)42(40)4/h8-11,13-16,27-28H,5-7,12,17-26H2,1-4H3. The molecule has 1 spiro atoms. The Morgan fingerprint density at radius 3 is 2.27 bits per heavy atom. The maximum absolute atomic E-state index is 13.1. The Hall–Kier alpha value is -4.64. The zero-order valence-corrected chi connectivity index (χ0v) is 30.3. The van der Waals surface area contributed by atoms with Gasteiger partial charge in [-0.1, -0.05) is 42.5 Å². The van der Waals surface area contributed by atoms with Gasteiger partial charge in [-0.25, -0.2) is 0 Å². The summed E-state index contributed by atoms with van der Waals surface area (Å²) in [4.78, 5) is 48.5. The monoisotopic (exact) mass is 698 g/mol. The number of ether oxygens (including phenoxy) is 4. The summed E-state index contributed by atoms with van der Waals surface area (Å²) in [6, 6.07) is 18.8. The normalized spacial score (nSPS) is 18.8. The lowest BCUT2D eigenvalue weighted by molar-refractivity contribution is -0.147. The Morgan fingerprint density at radius 2 is 1.51 bits per heavy atom. The lowest BCUT2D eigenvalue weighted by Gasteiger charge is -2.45. The van der Waals surface area contributed by atoms with E-state index in [2.05, 4.69) is 73.2 Å². The third kappa shape index (κ3) is 7.40. The van der Waals surface area contributed by atoms with Crippen molar-refractivity contribution in [2.45, 2.75) is 70.4 Å². The van der Waals surface area contributed by atoms with E-state index < -0.39 is 5.72 Å². The van der Waals surface area contributed by atoms with Crippen LogP contribution >= 0.6 is 0 Å². The van der Waals surface area contributed by atoms with Gasteiger partial charge in [0.2, 0.25) is 11.6 Å². The molecule has 0 saturated carbocycles. The number of piperazine rings is 1. The second kappa shape index (κ2) is 15.7. The lowest BCUT2D eigenvalue weighted by Crippen LogP contribution is -2.61. The number of likely N-dealkylation sites (N-methyl/N-ethyl adjacent to an activating group) is 1. The number of fused-ring (bicyclic) bond motifs is 4. The summed E-state index contributed by atoms with van der Waals surface area (Å²) in [5, 5.41) is 2.12. The molecular formula is C40H50N4O7. The summed E-state index contributed by atoms with van der Waals surface area (Å²) >= 11 is 0. The van der Waals surface area contributed by atoms with E-state index in [1.165, 1.54) is 5.56 Å². The van der Waals surface area contributed by atoms with Gasteiger partial charge < -0.3 is 33.6 Å². The van der Waals surface area contributed by atoms with Crippen LogP contribution in [0, 0.1) is 0 Å². The van der Waals surface area contributed by atoms with Crippen LogP contribution < -0.4 is 14.5 Å². The number of rotatable bonds is 14. The maximum atomic E-state index is 13.1. The molecule has 3 aromatic rings. The Kier molecular flexibility index (Phi) is 11.1. The number of aliphatic imine (C=N–C) groups is 1. The predicted molar refractivity (Wildman–Crippen MR) is 198 cm³/mol. The molecule has 3 aromatic carbocycles. The zero-order valence-electron chi connectivity index (χ0n) is 30.3. The summed E-state index contributed by atoms with van der Waals surface area (Å²) in [6.07, 6.45) is 4.55. The molecule has 3 heterocycles. The van der Waals surface area contributed by atoms with Gasteiger partial charge >= 0.3 is 11.9 Å². The second-order valence-electron chi connectivity index (χ2n) is 13.9. The number of para-hydroxylation sites is 1. The van der Waals surface area contributed by atoms with Gasteiger partial charge in [-0.2, -0.15) is 0 Å². The fraction of sp³-hybridized carbons (Fsp3) is 0.500. The molecule has 1 fully saturated rings. The number of esters is 2. The summed E-state index contributed by atoms with van der Waals surface area (Å²) < 4.78 is 22.6. The van der Waals surface area contributed by atoms with Gasteiger partial charge in [0, 0.05) is 80.9 Å². The van der Waals surface area contributed by atoms with Crippen molar-refractivity contribution in [3.05, 3.63) is 60.2 Å². The average molecular weight is 699 g/mol. The van der Waals surface area contributed by atoms with E-state index in [0.717, 1.165) is 40.0 Å². The number of amides is 1. The van der Waals surface area contributed by atoms with Crippen molar-refractivity contribution >= 4 is 51.9 Å². The summed E-state index contributed by atoms with van der Waals surface area (Å²) in [5.74, 6) is 0.0755. The van der Waals surface area contributed by atoms with Gasteiger partial charge in [0.1, 0.15) is 12.3 Å². The van der Waals surface area contributed by atoms with E-state index in [9.17, 15) is 14.4 Å². The first-order chi connectivity index (χ1) is 24.7. The molecule has 0 radical (unpaired) electrons. The highest BCUT2D eigenvalue weighted by Crippen LogP contribution is 2.55. The van der Waals surface area contributed by atoms with Gasteiger partial charge in [0.15, 0.2) is 5.75 Å². The highest BCUT2D eigenvalue weighted by molar-refractivity contribution is 6.06. The summed E-state index contributed by atoms with van der Waals surface area (Å²) in [6.45, 7) is 10.3. The first-order valence-electron chi connectivity index (χ1n) is 18.2. The number of nitrogens with zero attached hydrogens (tertiary/aromatic N) is 4. The molecule has 51 heavy (non-hydrogen) atoms. The minimum absolute atomic E-state index is 0.0459. The molecule has 3 aliphatic rings. The van der Waals surface area contributed by atoms with E-state index in [1.54, 1.807) is 0 Å². The van der Waals surface area contributed by atoms with Crippen LogP contribution in [0.1, 0.15) is 64.9 Å². The molecule has 1 atom stereocenters. The first-order valence-corrected chi connectivity index (χ1v) is 18.2. The number of anilines is 2. The first kappa shape index (κ1) is 36.2. The SMILES string of the molecule is CCOCCOC(=O)CCCCCOC(=O)CCC(=O)N1CCN(c2cc3c(c4ccccc24)N=CC2(O3)N(C)c3ccccc3C2(C)C)CC1. The number of carbonyl (C=O) groups excluding carboxylic acids is 3. The molecule has 3 aliphatic heterocycles. The van der Waals surface area contributed by atoms with Gasteiger partial charge in [0.05, 0.1) is 31.3 Å². The van der Waals surface area contributed by atoms with Crippen molar-refractivity contribution in [2.75, 3.05) is 69.5 Å². The Bertz CT molecular complexity index is 1770. The lowest BCUT2D eigenvalue weighted by atomic mass is 9.77. The topological polar surface area (TPSA) is 110 Å². The van der Waals surface area contributed by atoms with Crippen LogP contribution in [0.5, 0.6) is 5.75 Å². The molecule has 1 unspecified atom stereocenters. The van der Waals surface area contributed by atoms with Crippen LogP contribution in [0.3, 0.4) is 0 Å². The van der Waals surface area contributed by atoms with E-state index in [0.29, 0.717) is 58.7 Å². The molecule has 0 aliphatic carbocycles. The van der Waals surface area contributed by atoms with Crippen LogP contribution in [-0.4, -0.2) is 94.3 Å². The summed E-state index contributed by atoms with van der Waals surface area (Å²) in [7, 11) is 2.07. The fourth-order valence-electron chi connectivity index (χ4n) is 7.47. The molecule has 1 saturated heterocycles. The van der Waals surface area contributed by atoms with Crippen LogP contribution in [0.25, 0.3) is 10.8 Å². The maximum Gasteiger partial charge on any atom is 0.306 e. The third-order valence-electron chi connectivity index (χ3n) is 10.4. The van der Waals surface area contributed by atoms with Crippen LogP contribution in [0.15, 0.2) is 59.6 Å². The molecule has 0 aromatic heterocycles. The quantitative estimate of drug-likeness (QED) is 0.144. The van der Waals surface area contributed by atoms with Crippen molar-refractivity contribution in [1.82, 2.24) is 4.90 Å². The van der Waals surface area contributed by atoms with Crippen molar-refractivity contribution in [3.8, 4) is 5.75 Å². The van der Waals surface area contributed by atoms with Crippen molar-refractivity contribution in [2.24, 2.45) is 4.99 Å². The molecule has 6 rings (SSSR count). The van der Waals surface area contributed by atoms with Crippen LogP contribution in [0.2, 0.25) is 0 Å². The van der Waals surface area contributed by atoms with Gasteiger partial charge in [-0.3, -0.25) is 19.4 Å². The van der Waals surface area contributed by atoms with Gasteiger partial charge in [-0.15, -0.1) is 0 Å². The molecule has 272 valence electrons. The molecule has 0 bridgehead atoms. The third-order valence-corrected chi connectivity index (χ3v) is 10.4. The van der Waals surface area contributed by atoms with E-state index in [-0.39, 0.29) is 49.3 Å². The highest BCUT2D eigenvalue weighted by Gasteiger charge is 2.58. The molecule has 0 N–H and O–H groups in total. The number of benzene rings is 3. The Balaban J connectivity index is 1.00. The number of carbonyl (C=O) groups is 3. The smallest absolute Gasteiger partial charge is 0.306 e. The Morgan fingerprint density at radius 1 is 0.804 bits per heavy atom. The second-order valence-corrected chi connectivity index (χ2v) is 13.9. The minimum Gasteiger partial charge on any atom is -0.466 e. The molecule has 11 heteroatoms. The predicted octanol–water partition coefficient (Wildman–Crippen LogP) is 6.17. The van der Waals surface area contributed by atoms with Crippen LogP contribution in [0.4, 0.5) is 17.1 Å². The van der Waals surface area contributed by atoms with Crippen molar-refractivity contribution in [1.29, 1.82) is 0 Å². The van der Waals surface area contributed by atoms with Gasteiger partial charge in [0.25, 0.3) is 0 Å². The highest BCUT2D eigenvalue weighted by atomic mass is 16.6. The molecular weight excluding hydrogens is 648 g/mol. The number of hydrogen-bond acceptors (Lipinski definition) is 10. The molecule has 1 amide bonds. The van der Waals surface area contributed by atoms with E-state index >= 15 is 0 Å². The van der Waals surface area contributed by atoms with Gasteiger partial charge in [-0.05, 0) is 51.7 Å². The van der Waals surface area contributed by atoms with Crippen molar-refractivity contribution in [3.63, 3.8) is 0 Å². The number of unbranched alkanes of at least 4 members (excludes halogenated alkanes) is 2. The van der Waals surface area contributed by atoms with Crippen molar-refractivity contribution < 1.29 is 33.3 Å². The number of hydrogen-bond donors (Lipinski definition) is 0.